The Kier molecular flexibility index (Phi) is 3.19. The second-order valence-electron chi connectivity index (χ2n) is 4.32. The monoisotopic (exact) mass is 184 g/mol. The second kappa shape index (κ2) is 4.40. The highest BCUT2D eigenvalue weighted by Gasteiger charge is 2.27. The summed E-state index contributed by atoms with van der Waals surface area (Å²) in [5.74, 6) is 1.60. The standard InChI is InChI=1S/C10H20N2O/c11-5-10(9-3-4-13-7-9)12-6-8-1-2-8/h8-10,12H,1-7,11H2. The van der Waals surface area contributed by atoms with Gasteiger partial charge in [0.1, 0.15) is 0 Å². The number of nitrogens with two attached hydrogens (primary N) is 1. The summed E-state index contributed by atoms with van der Waals surface area (Å²) in [6, 6.07) is 0.489. The first-order valence-corrected chi connectivity index (χ1v) is 5.41. The van der Waals surface area contributed by atoms with Gasteiger partial charge in [0.05, 0.1) is 6.61 Å². The van der Waals surface area contributed by atoms with Crippen LogP contribution in [-0.2, 0) is 4.74 Å². The molecular formula is C10H20N2O. The van der Waals surface area contributed by atoms with Crippen molar-refractivity contribution in [2.45, 2.75) is 25.3 Å². The quantitative estimate of drug-likeness (QED) is 0.648. The summed E-state index contributed by atoms with van der Waals surface area (Å²) >= 11 is 0. The molecule has 0 spiro atoms. The van der Waals surface area contributed by atoms with E-state index in [0.29, 0.717) is 12.0 Å². The lowest BCUT2D eigenvalue weighted by atomic mass is 9.99. The van der Waals surface area contributed by atoms with Crippen molar-refractivity contribution in [3.8, 4) is 0 Å². The average molecular weight is 184 g/mol. The van der Waals surface area contributed by atoms with Gasteiger partial charge in [0, 0.05) is 25.1 Å². The predicted molar refractivity (Wildman–Crippen MR) is 52.5 cm³/mol. The van der Waals surface area contributed by atoms with Crippen LogP contribution in [0.25, 0.3) is 0 Å². The van der Waals surface area contributed by atoms with Gasteiger partial charge >= 0.3 is 0 Å². The van der Waals surface area contributed by atoms with Crippen molar-refractivity contribution in [1.82, 2.24) is 5.32 Å². The predicted octanol–water partition coefficient (Wildman–Crippen LogP) is 0.350. The fourth-order valence-corrected chi connectivity index (χ4v) is 1.95. The minimum absolute atomic E-state index is 0.489. The van der Waals surface area contributed by atoms with Gasteiger partial charge in [-0.2, -0.15) is 0 Å². The Hall–Kier alpha value is -0.120. The molecule has 2 rings (SSSR count). The Labute approximate surface area is 80.0 Å². The van der Waals surface area contributed by atoms with Crippen LogP contribution in [-0.4, -0.2) is 32.3 Å². The van der Waals surface area contributed by atoms with E-state index < -0.39 is 0 Å². The molecule has 3 N–H and O–H groups in total. The lowest BCUT2D eigenvalue weighted by Crippen LogP contribution is -2.43. The molecular weight excluding hydrogens is 164 g/mol. The van der Waals surface area contributed by atoms with Crippen molar-refractivity contribution in [2.24, 2.45) is 17.6 Å². The van der Waals surface area contributed by atoms with Crippen molar-refractivity contribution >= 4 is 0 Å². The van der Waals surface area contributed by atoms with E-state index in [1.807, 2.05) is 0 Å². The van der Waals surface area contributed by atoms with E-state index in [2.05, 4.69) is 5.32 Å². The second-order valence-corrected chi connectivity index (χ2v) is 4.32. The zero-order chi connectivity index (χ0) is 9.10. The van der Waals surface area contributed by atoms with Gasteiger partial charge in [0.15, 0.2) is 0 Å². The van der Waals surface area contributed by atoms with Crippen LogP contribution < -0.4 is 11.1 Å². The number of hydrogen-bond donors (Lipinski definition) is 2. The fraction of sp³-hybridized carbons (Fsp3) is 1.00. The highest BCUT2D eigenvalue weighted by Crippen LogP contribution is 2.28. The lowest BCUT2D eigenvalue weighted by Gasteiger charge is -2.21. The van der Waals surface area contributed by atoms with E-state index in [1.165, 1.54) is 25.8 Å². The molecule has 76 valence electrons. The minimum atomic E-state index is 0.489. The first kappa shape index (κ1) is 9.44. The van der Waals surface area contributed by atoms with Crippen LogP contribution in [0.2, 0.25) is 0 Å². The zero-order valence-electron chi connectivity index (χ0n) is 8.17. The number of hydrogen-bond acceptors (Lipinski definition) is 3. The summed E-state index contributed by atoms with van der Waals surface area (Å²) in [7, 11) is 0. The molecule has 0 amide bonds. The summed E-state index contributed by atoms with van der Waals surface area (Å²) in [4.78, 5) is 0. The third-order valence-corrected chi connectivity index (χ3v) is 3.15. The molecule has 1 aliphatic carbocycles. The van der Waals surface area contributed by atoms with Gasteiger partial charge in [0.25, 0.3) is 0 Å². The normalized spacial score (nSPS) is 30.7. The van der Waals surface area contributed by atoms with Crippen LogP contribution in [0.15, 0.2) is 0 Å². The Morgan fingerprint density at radius 3 is 2.77 bits per heavy atom. The lowest BCUT2D eigenvalue weighted by molar-refractivity contribution is 0.177. The SMILES string of the molecule is NCC(NCC1CC1)C1CCOC1. The number of ether oxygens (including phenoxy) is 1. The van der Waals surface area contributed by atoms with Crippen molar-refractivity contribution in [3.05, 3.63) is 0 Å². The van der Waals surface area contributed by atoms with E-state index in [-0.39, 0.29) is 0 Å². The number of nitrogens with one attached hydrogen (secondary N) is 1. The molecule has 0 radical (unpaired) electrons. The third kappa shape index (κ3) is 2.66. The summed E-state index contributed by atoms with van der Waals surface area (Å²) in [6.07, 6.45) is 4.00. The van der Waals surface area contributed by atoms with E-state index in [9.17, 15) is 0 Å². The van der Waals surface area contributed by atoms with E-state index >= 15 is 0 Å². The topological polar surface area (TPSA) is 47.3 Å². The van der Waals surface area contributed by atoms with E-state index in [0.717, 1.165) is 25.7 Å². The molecule has 2 unspecified atom stereocenters. The van der Waals surface area contributed by atoms with Gasteiger partial charge in [-0.05, 0) is 31.7 Å². The third-order valence-electron chi connectivity index (χ3n) is 3.15. The van der Waals surface area contributed by atoms with Crippen LogP contribution in [0.1, 0.15) is 19.3 Å². The van der Waals surface area contributed by atoms with E-state index in [4.69, 9.17) is 10.5 Å². The maximum atomic E-state index is 5.74. The molecule has 0 aromatic rings. The zero-order valence-corrected chi connectivity index (χ0v) is 8.17. The Bertz CT molecular complexity index is 153. The first-order chi connectivity index (χ1) is 6.40. The van der Waals surface area contributed by atoms with Crippen molar-refractivity contribution in [1.29, 1.82) is 0 Å². The Morgan fingerprint density at radius 2 is 2.23 bits per heavy atom. The van der Waals surface area contributed by atoms with Crippen molar-refractivity contribution in [2.75, 3.05) is 26.3 Å². The summed E-state index contributed by atoms with van der Waals surface area (Å²) < 4.78 is 5.37. The molecule has 0 aromatic heterocycles. The maximum Gasteiger partial charge on any atom is 0.0510 e. The van der Waals surface area contributed by atoms with Crippen LogP contribution in [0.4, 0.5) is 0 Å². The minimum Gasteiger partial charge on any atom is -0.381 e. The summed E-state index contributed by atoms with van der Waals surface area (Å²) in [5, 5.41) is 3.57. The largest absolute Gasteiger partial charge is 0.381 e. The van der Waals surface area contributed by atoms with Gasteiger partial charge in [0.2, 0.25) is 0 Å². The molecule has 3 heteroatoms. The first-order valence-electron chi connectivity index (χ1n) is 5.41. The summed E-state index contributed by atoms with van der Waals surface area (Å²) in [5.41, 5.74) is 5.74. The molecule has 0 bridgehead atoms. The molecule has 2 atom stereocenters. The van der Waals surface area contributed by atoms with Gasteiger partial charge in [-0.25, -0.2) is 0 Å². The maximum absolute atomic E-state index is 5.74. The highest BCUT2D eigenvalue weighted by atomic mass is 16.5. The molecule has 2 aliphatic rings. The van der Waals surface area contributed by atoms with Gasteiger partial charge < -0.3 is 15.8 Å². The Balaban J connectivity index is 1.70. The average Bonchev–Trinajstić information content (AvgIpc) is 2.81. The van der Waals surface area contributed by atoms with Gasteiger partial charge in [-0.1, -0.05) is 0 Å². The summed E-state index contributed by atoms with van der Waals surface area (Å²) in [6.45, 7) is 3.74. The molecule has 1 saturated heterocycles. The Morgan fingerprint density at radius 1 is 1.38 bits per heavy atom. The number of rotatable bonds is 5. The molecule has 1 aliphatic heterocycles. The molecule has 1 saturated carbocycles. The fourth-order valence-electron chi connectivity index (χ4n) is 1.95. The van der Waals surface area contributed by atoms with Crippen molar-refractivity contribution in [3.63, 3.8) is 0 Å². The molecule has 3 nitrogen and oxygen atoms in total. The van der Waals surface area contributed by atoms with Gasteiger partial charge in [-0.3, -0.25) is 0 Å². The molecule has 2 fully saturated rings. The van der Waals surface area contributed by atoms with Crippen LogP contribution in [0.5, 0.6) is 0 Å². The van der Waals surface area contributed by atoms with E-state index in [1.54, 1.807) is 0 Å². The van der Waals surface area contributed by atoms with Crippen molar-refractivity contribution < 1.29 is 4.74 Å². The van der Waals surface area contributed by atoms with Gasteiger partial charge in [-0.15, -0.1) is 0 Å². The molecule has 13 heavy (non-hydrogen) atoms. The highest BCUT2D eigenvalue weighted by molar-refractivity contribution is 4.83. The molecule has 0 aromatic carbocycles. The van der Waals surface area contributed by atoms with Crippen LogP contribution >= 0.6 is 0 Å². The molecule has 1 heterocycles. The van der Waals surface area contributed by atoms with Crippen LogP contribution in [0, 0.1) is 11.8 Å². The smallest absolute Gasteiger partial charge is 0.0510 e. The van der Waals surface area contributed by atoms with Crippen LogP contribution in [0.3, 0.4) is 0 Å².